The number of nitrogens with one attached hydrogen (secondary N) is 1. The lowest BCUT2D eigenvalue weighted by Crippen LogP contribution is -2.38. The number of amides is 2. The van der Waals surface area contributed by atoms with Gasteiger partial charge in [0.15, 0.2) is 0 Å². The van der Waals surface area contributed by atoms with Gasteiger partial charge in [-0.1, -0.05) is 0 Å². The molecular formula is C20H20FN5O. The number of anilines is 1. The Morgan fingerprint density at radius 2 is 1.78 bits per heavy atom. The van der Waals surface area contributed by atoms with Gasteiger partial charge in [-0.2, -0.15) is 0 Å². The van der Waals surface area contributed by atoms with Crippen LogP contribution in [0.3, 0.4) is 0 Å². The maximum atomic E-state index is 13.2. The summed E-state index contributed by atoms with van der Waals surface area (Å²) < 4.78 is 15.1. The van der Waals surface area contributed by atoms with Crippen molar-refractivity contribution in [1.82, 2.24) is 19.4 Å². The Balaban J connectivity index is 1.57. The van der Waals surface area contributed by atoms with Crippen molar-refractivity contribution in [3.8, 4) is 17.1 Å². The van der Waals surface area contributed by atoms with Crippen LogP contribution in [0.4, 0.5) is 15.0 Å². The molecule has 0 bridgehead atoms. The number of likely N-dealkylation sites (tertiary alicyclic amines) is 1. The summed E-state index contributed by atoms with van der Waals surface area (Å²) >= 11 is 0. The summed E-state index contributed by atoms with van der Waals surface area (Å²) in [7, 11) is 0. The van der Waals surface area contributed by atoms with Gasteiger partial charge in [-0.15, -0.1) is 0 Å². The molecule has 1 aromatic carbocycles. The van der Waals surface area contributed by atoms with Crippen LogP contribution in [0.5, 0.6) is 0 Å². The van der Waals surface area contributed by atoms with E-state index >= 15 is 0 Å². The highest BCUT2D eigenvalue weighted by atomic mass is 19.1. The molecule has 0 spiro atoms. The summed E-state index contributed by atoms with van der Waals surface area (Å²) in [5, 5.41) is 2.87. The number of aromatic nitrogens is 3. The molecule has 6 nitrogen and oxygen atoms in total. The highest BCUT2D eigenvalue weighted by Gasteiger charge is 2.17. The van der Waals surface area contributed by atoms with E-state index in [1.807, 2.05) is 21.7 Å². The van der Waals surface area contributed by atoms with Gasteiger partial charge in [0, 0.05) is 43.3 Å². The molecule has 138 valence electrons. The fraction of sp³-hybridized carbons (Fsp3) is 0.250. The Kier molecular flexibility index (Phi) is 4.82. The molecule has 0 unspecified atom stereocenters. The van der Waals surface area contributed by atoms with E-state index in [0.29, 0.717) is 11.6 Å². The summed E-state index contributed by atoms with van der Waals surface area (Å²) in [6.45, 7) is 1.56. The lowest BCUT2D eigenvalue weighted by Gasteiger charge is -2.26. The van der Waals surface area contributed by atoms with Gasteiger partial charge in [0.1, 0.15) is 17.5 Å². The van der Waals surface area contributed by atoms with Crippen LogP contribution < -0.4 is 5.32 Å². The maximum Gasteiger partial charge on any atom is 0.323 e. The normalized spacial score (nSPS) is 14.2. The quantitative estimate of drug-likeness (QED) is 0.760. The van der Waals surface area contributed by atoms with Gasteiger partial charge in [0.05, 0.1) is 5.69 Å². The minimum atomic E-state index is -0.288. The lowest BCUT2D eigenvalue weighted by atomic mass is 10.1. The van der Waals surface area contributed by atoms with Gasteiger partial charge in [0.2, 0.25) is 0 Å². The van der Waals surface area contributed by atoms with E-state index < -0.39 is 0 Å². The first kappa shape index (κ1) is 17.2. The fourth-order valence-electron chi connectivity index (χ4n) is 3.25. The summed E-state index contributed by atoms with van der Waals surface area (Å²) in [5.41, 5.74) is 1.62. The Morgan fingerprint density at radius 1 is 1.00 bits per heavy atom. The molecule has 4 rings (SSSR count). The zero-order chi connectivity index (χ0) is 18.6. The molecule has 2 aromatic heterocycles. The third-order valence-corrected chi connectivity index (χ3v) is 4.64. The van der Waals surface area contributed by atoms with Crippen molar-refractivity contribution in [3.05, 3.63) is 60.8 Å². The molecule has 1 fully saturated rings. The van der Waals surface area contributed by atoms with Crippen LogP contribution in [0, 0.1) is 5.82 Å². The maximum absolute atomic E-state index is 13.2. The van der Waals surface area contributed by atoms with Crippen LogP contribution in [-0.4, -0.2) is 38.6 Å². The zero-order valence-corrected chi connectivity index (χ0v) is 14.8. The van der Waals surface area contributed by atoms with E-state index in [-0.39, 0.29) is 11.8 Å². The topological polar surface area (TPSA) is 63.1 Å². The number of urea groups is 1. The van der Waals surface area contributed by atoms with Crippen molar-refractivity contribution >= 4 is 11.8 Å². The first-order valence-electron chi connectivity index (χ1n) is 9.02. The number of nitrogens with zero attached hydrogens (tertiary/aromatic N) is 4. The summed E-state index contributed by atoms with van der Waals surface area (Å²) in [6, 6.07) is 9.71. The van der Waals surface area contributed by atoms with Gasteiger partial charge >= 0.3 is 6.03 Å². The highest BCUT2D eigenvalue weighted by molar-refractivity contribution is 5.88. The molecule has 27 heavy (non-hydrogen) atoms. The van der Waals surface area contributed by atoms with Gasteiger partial charge < -0.3 is 4.90 Å². The summed E-state index contributed by atoms with van der Waals surface area (Å²) in [4.78, 5) is 22.9. The van der Waals surface area contributed by atoms with Crippen LogP contribution >= 0.6 is 0 Å². The molecule has 7 heteroatoms. The number of carbonyl (C=O) groups is 1. The van der Waals surface area contributed by atoms with Crippen molar-refractivity contribution in [2.75, 3.05) is 18.4 Å². The van der Waals surface area contributed by atoms with Gasteiger partial charge in [-0.25, -0.2) is 19.2 Å². The molecule has 0 aliphatic carbocycles. The molecule has 1 aliphatic rings. The average molecular weight is 365 g/mol. The van der Waals surface area contributed by atoms with Crippen LogP contribution in [0.25, 0.3) is 17.1 Å². The predicted molar refractivity (Wildman–Crippen MR) is 101 cm³/mol. The number of benzene rings is 1. The van der Waals surface area contributed by atoms with E-state index in [1.165, 1.54) is 18.6 Å². The number of piperidine rings is 1. The largest absolute Gasteiger partial charge is 0.325 e. The number of rotatable bonds is 3. The average Bonchev–Trinajstić information content (AvgIpc) is 3.19. The SMILES string of the molecule is O=C(Nc1cc(-n2ccnc2-c2ccc(F)cc2)ccn1)N1CCCCC1. The summed E-state index contributed by atoms with van der Waals surface area (Å²) in [5.74, 6) is 0.889. The number of imidazole rings is 1. The monoisotopic (exact) mass is 365 g/mol. The molecule has 1 aliphatic heterocycles. The van der Waals surface area contributed by atoms with Crippen molar-refractivity contribution < 1.29 is 9.18 Å². The van der Waals surface area contributed by atoms with E-state index in [1.54, 1.807) is 30.6 Å². The minimum Gasteiger partial charge on any atom is -0.325 e. The number of pyridine rings is 1. The second kappa shape index (κ2) is 7.57. The molecule has 1 N–H and O–H groups in total. The van der Waals surface area contributed by atoms with Crippen molar-refractivity contribution in [1.29, 1.82) is 0 Å². The van der Waals surface area contributed by atoms with Crippen LogP contribution in [0.1, 0.15) is 19.3 Å². The van der Waals surface area contributed by atoms with Crippen molar-refractivity contribution in [3.63, 3.8) is 0 Å². The second-order valence-corrected chi connectivity index (χ2v) is 6.50. The molecule has 3 heterocycles. The third-order valence-electron chi connectivity index (χ3n) is 4.64. The molecule has 2 amide bonds. The Hall–Kier alpha value is -3.22. The zero-order valence-electron chi connectivity index (χ0n) is 14.8. The molecule has 3 aromatic rings. The van der Waals surface area contributed by atoms with E-state index in [9.17, 15) is 9.18 Å². The van der Waals surface area contributed by atoms with Gasteiger partial charge in [-0.3, -0.25) is 9.88 Å². The Bertz CT molecular complexity index is 932. The van der Waals surface area contributed by atoms with Crippen LogP contribution in [0.15, 0.2) is 55.0 Å². The van der Waals surface area contributed by atoms with Crippen molar-refractivity contribution in [2.24, 2.45) is 0 Å². The van der Waals surface area contributed by atoms with Crippen LogP contribution in [-0.2, 0) is 0 Å². The molecule has 0 atom stereocenters. The number of halogens is 1. The molecule has 1 saturated heterocycles. The predicted octanol–water partition coefficient (Wildman–Crippen LogP) is 4.09. The first-order valence-corrected chi connectivity index (χ1v) is 9.02. The molecular weight excluding hydrogens is 345 g/mol. The lowest BCUT2D eigenvalue weighted by molar-refractivity contribution is 0.200. The van der Waals surface area contributed by atoms with Gasteiger partial charge in [-0.05, 0) is 49.6 Å². The van der Waals surface area contributed by atoms with E-state index in [0.717, 1.165) is 37.2 Å². The van der Waals surface area contributed by atoms with E-state index in [2.05, 4.69) is 15.3 Å². The molecule has 0 radical (unpaired) electrons. The number of hydrogen-bond acceptors (Lipinski definition) is 3. The highest BCUT2D eigenvalue weighted by Crippen LogP contribution is 2.23. The smallest absolute Gasteiger partial charge is 0.323 e. The first-order chi connectivity index (χ1) is 13.2. The van der Waals surface area contributed by atoms with E-state index in [4.69, 9.17) is 0 Å². The number of carbonyl (C=O) groups excluding carboxylic acids is 1. The Labute approximate surface area is 156 Å². The third kappa shape index (κ3) is 3.81. The minimum absolute atomic E-state index is 0.122. The number of hydrogen-bond donors (Lipinski definition) is 1. The van der Waals surface area contributed by atoms with Crippen molar-refractivity contribution in [2.45, 2.75) is 19.3 Å². The Morgan fingerprint density at radius 3 is 2.56 bits per heavy atom. The fourth-order valence-corrected chi connectivity index (χ4v) is 3.25. The molecule has 0 saturated carbocycles. The van der Waals surface area contributed by atoms with Gasteiger partial charge in [0.25, 0.3) is 0 Å². The standard InChI is InChI=1S/C20H20FN5O/c21-16-6-4-15(5-7-16)19-23-10-13-26(19)17-8-9-22-18(14-17)24-20(27)25-11-2-1-3-12-25/h4-10,13-14H,1-3,11-12H2,(H,22,24,27). The second-order valence-electron chi connectivity index (χ2n) is 6.50. The summed E-state index contributed by atoms with van der Waals surface area (Å²) in [6.07, 6.45) is 8.41. The van der Waals surface area contributed by atoms with Crippen LogP contribution in [0.2, 0.25) is 0 Å².